The molecule has 0 aliphatic heterocycles. The van der Waals surface area contributed by atoms with Crippen molar-refractivity contribution in [2.75, 3.05) is 7.11 Å². The van der Waals surface area contributed by atoms with Gasteiger partial charge in [0.1, 0.15) is 11.4 Å². The molecule has 0 amide bonds. The van der Waals surface area contributed by atoms with Crippen LogP contribution in [0.2, 0.25) is 0 Å². The molecule has 0 bridgehead atoms. The van der Waals surface area contributed by atoms with Gasteiger partial charge in [0.2, 0.25) is 0 Å². The minimum Gasteiger partial charge on any atom is -0.497 e. The number of benzene rings is 1. The van der Waals surface area contributed by atoms with Crippen LogP contribution in [0.25, 0.3) is 16.9 Å². The Kier molecular flexibility index (Phi) is 2.99. The molecule has 20 heavy (non-hydrogen) atoms. The van der Waals surface area contributed by atoms with Gasteiger partial charge in [0.15, 0.2) is 0 Å². The van der Waals surface area contributed by atoms with E-state index in [2.05, 4.69) is 4.98 Å². The van der Waals surface area contributed by atoms with Crippen LogP contribution in [0.5, 0.6) is 5.75 Å². The van der Waals surface area contributed by atoms with Gasteiger partial charge in [-0.05, 0) is 13.0 Å². The van der Waals surface area contributed by atoms with Gasteiger partial charge >= 0.3 is 0 Å². The molecule has 3 aromatic rings. The molecule has 0 N–H and O–H groups in total. The fourth-order valence-electron chi connectivity index (χ4n) is 2.08. The number of hydrogen-bond acceptors (Lipinski definition) is 3. The van der Waals surface area contributed by atoms with Crippen LogP contribution in [0.15, 0.2) is 53.5 Å². The molecular formula is C16H14N2O2. The molecule has 0 aliphatic rings. The molecule has 1 aromatic carbocycles. The predicted molar refractivity (Wildman–Crippen MR) is 78.2 cm³/mol. The fraction of sp³-hybridized carbons (Fsp3) is 0.125. The summed E-state index contributed by atoms with van der Waals surface area (Å²) in [6.45, 7) is 2.03. The summed E-state index contributed by atoms with van der Waals surface area (Å²) in [5, 5.41) is 0. The maximum atomic E-state index is 12.1. The standard InChI is InChI=1S/C16H14N2O2/c1-11-3-5-12(6-4-11)14-10-16(19)18-8-7-13(20-2)9-15(18)17-14/h3-10H,1-2H3. The molecule has 100 valence electrons. The number of nitrogens with zero attached hydrogens (tertiary/aromatic N) is 2. The second-order valence-corrected chi connectivity index (χ2v) is 4.64. The number of aromatic nitrogens is 2. The monoisotopic (exact) mass is 266 g/mol. The van der Waals surface area contributed by atoms with Gasteiger partial charge in [0.25, 0.3) is 5.56 Å². The topological polar surface area (TPSA) is 43.6 Å². The van der Waals surface area contributed by atoms with Gasteiger partial charge in [-0.25, -0.2) is 4.98 Å². The van der Waals surface area contributed by atoms with Gasteiger partial charge in [-0.15, -0.1) is 0 Å². The van der Waals surface area contributed by atoms with Crippen molar-refractivity contribution in [3.05, 3.63) is 64.6 Å². The van der Waals surface area contributed by atoms with Crippen molar-refractivity contribution in [2.45, 2.75) is 6.92 Å². The average molecular weight is 266 g/mol. The maximum absolute atomic E-state index is 12.1. The molecule has 0 saturated carbocycles. The molecule has 2 aromatic heterocycles. The van der Waals surface area contributed by atoms with Crippen molar-refractivity contribution in [1.29, 1.82) is 0 Å². The molecular weight excluding hydrogens is 252 g/mol. The van der Waals surface area contributed by atoms with Crippen LogP contribution in [0, 0.1) is 6.92 Å². The summed E-state index contributed by atoms with van der Waals surface area (Å²) < 4.78 is 6.67. The quantitative estimate of drug-likeness (QED) is 0.716. The number of methoxy groups -OCH3 is 1. The highest BCUT2D eigenvalue weighted by atomic mass is 16.5. The fourth-order valence-corrected chi connectivity index (χ4v) is 2.08. The highest BCUT2D eigenvalue weighted by Gasteiger charge is 2.05. The van der Waals surface area contributed by atoms with E-state index in [1.54, 1.807) is 31.5 Å². The van der Waals surface area contributed by atoms with Crippen molar-refractivity contribution in [2.24, 2.45) is 0 Å². The number of ether oxygens (including phenoxy) is 1. The zero-order valence-electron chi connectivity index (χ0n) is 11.3. The summed E-state index contributed by atoms with van der Waals surface area (Å²) in [6, 6.07) is 13.0. The lowest BCUT2D eigenvalue weighted by atomic mass is 10.1. The maximum Gasteiger partial charge on any atom is 0.258 e. The first-order valence-corrected chi connectivity index (χ1v) is 6.32. The van der Waals surface area contributed by atoms with E-state index in [0.717, 1.165) is 5.56 Å². The van der Waals surface area contributed by atoms with E-state index in [-0.39, 0.29) is 5.56 Å². The summed E-state index contributed by atoms with van der Waals surface area (Å²) >= 11 is 0. The van der Waals surface area contributed by atoms with Crippen LogP contribution < -0.4 is 10.3 Å². The zero-order valence-corrected chi connectivity index (χ0v) is 11.3. The molecule has 0 spiro atoms. The van der Waals surface area contributed by atoms with E-state index in [1.807, 2.05) is 31.2 Å². The lowest BCUT2D eigenvalue weighted by Crippen LogP contribution is -2.14. The van der Waals surface area contributed by atoms with Crippen LogP contribution >= 0.6 is 0 Å². The van der Waals surface area contributed by atoms with Crippen LogP contribution in [0.3, 0.4) is 0 Å². The van der Waals surface area contributed by atoms with Crippen molar-refractivity contribution in [3.8, 4) is 17.0 Å². The lowest BCUT2D eigenvalue weighted by Gasteiger charge is -2.06. The number of pyridine rings is 1. The Labute approximate surface area is 116 Å². The molecule has 0 atom stereocenters. The van der Waals surface area contributed by atoms with E-state index in [9.17, 15) is 4.79 Å². The largest absolute Gasteiger partial charge is 0.497 e. The van der Waals surface area contributed by atoms with Crippen LogP contribution in [0.4, 0.5) is 0 Å². The molecule has 3 rings (SSSR count). The third-order valence-electron chi connectivity index (χ3n) is 3.22. The van der Waals surface area contributed by atoms with Crippen LogP contribution in [-0.2, 0) is 0 Å². The molecule has 0 fully saturated rings. The van der Waals surface area contributed by atoms with E-state index in [1.165, 1.54) is 9.96 Å². The van der Waals surface area contributed by atoms with Crippen molar-refractivity contribution >= 4 is 5.65 Å². The molecule has 4 nitrogen and oxygen atoms in total. The third kappa shape index (κ3) is 2.16. The van der Waals surface area contributed by atoms with Crippen molar-refractivity contribution in [3.63, 3.8) is 0 Å². The van der Waals surface area contributed by atoms with E-state index in [4.69, 9.17) is 4.74 Å². The first kappa shape index (κ1) is 12.4. The predicted octanol–water partition coefficient (Wildman–Crippen LogP) is 2.68. The SMILES string of the molecule is COc1ccn2c(=O)cc(-c3ccc(C)cc3)nc2c1. The highest BCUT2D eigenvalue weighted by molar-refractivity contribution is 5.62. The number of fused-ring (bicyclic) bond motifs is 1. The Bertz CT molecular complexity index is 820. The first-order valence-electron chi connectivity index (χ1n) is 6.32. The van der Waals surface area contributed by atoms with E-state index < -0.39 is 0 Å². The zero-order chi connectivity index (χ0) is 14.1. The highest BCUT2D eigenvalue weighted by Crippen LogP contribution is 2.18. The number of aryl methyl sites for hydroxylation is 1. The summed E-state index contributed by atoms with van der Waals surface area (Å²) in [4.78, 5) is 16.6. The normalized spacial score (nSPS) is 10.7. The Morgan fingerprint density at radius 3 is 2.55 bits per heavy atom. The Morgan fingerprint density at radius 2 is 1.85 bits per heavy atom. The summed E-state index contributed by atoms with van der Waals surface area (Å²) in [5.74, 6) is 0.679. The number of rotatable bonds is 2. The van der Waals surface area contributed by atoms with Gasteiger partial charge in [-0.2, -0.15) is 0 Å². The second kappa shape index (κ2) is 4.81. The third-order valence-corrected chi connectivity index (χ3v) is 3.22. The number of hydrogen-bond donors (Lipinski definition) is 0. The first-order chi connectivity index (χ1) is 9.67. The van der Waals surface area contributed by atoms with Crippen LogP contribution in [0.1, 0.15) is 5.56 Å². The molecule has 2 heterocycles. The molecule has 4 heteroatoms. The smallest absolute Gasteiger partial charge is 0.258 e. The molecule has 0 aliphatic carbocycles. The molecule has 0 unspecified atom stereocenters. The Morgan fingerprint density at radius 1 is 1.10 bits per heavy atom. The lowest BCUT2D eigenvalue weighted by molar-refractivity contribution is 0.414. The van der Waals surface area contributed by atoms with E-state index >= 15 is 0 Å². The minimum absolute atomic E-state index is 0.103. The Balaban J connectivity index is 2.22. The van der Waals surface area contributed by atoms with E-state index in [0.29, 0.717) is 17.1 Å². The summed E-state index contributed by atoms with van der Waals surface area (Å²) in [5.41, 5.74) is 3.25. The van der Waals surface area contributed by atoms with Gasteiger partial charge in [-0.3, -0.25) is 9.20 Å². The van der Waals surface area contributed by atoms with Gasteiger partial charge in [0.05, 0.1) is 12.8 Å². The van der Waals surface area contributed by atoms with Gasteiger partial charge < -0.3 is 4.74 Å². The molecule has 0 radical (unpaired) electrons. The van der Waals surface area contributed by atoms with Gasteiger partial charge in [-0.1, -0.05) is 29.8 Å². The molecule has 0 saturated heterocycles. The van der Waals surface area contributed by atoms with Crippen molar-refractivity contribution < 1.29 is 4.74 Å². The van der Waals surface area contributed by atoms with Crippen LogP contribution in [-0.4, -0.2) is 16.5 Å². The summed E-state index contributed by atoms with van der Waals surface area (Å²) in [6.07, 6.45) is 1.67. The second-order valence-electron chi connectivity index (χ2n) is 4.64. The van der Waals surface area contributed by atoms with Crippen molar-refractivity contribution in [1.82, 2.24) is 9.38 Å². The minimum atomic E-state index is -0.103. The summed E-state index contributed by atoms with van der Waals surface area (Å²) in [7, 11) is 1.59. The average Bonchev–Trinajstić information content (AvgIpc) is 2.47. The van der Waals surface area contributed by atoms with Gasteiger partial charge in [0, 0.05) is 23.9 Å². The Hall–Kier alpha value is -2.62.